The second kappa shape index (κ2) is 5.14. The topological polar surface area (TPSA) is 47.3 Å². The van der Waals surface area contributed by atoms with Crippen LogP contribution >= 0.6 is 0 Å². The highest BCUT2D eigenvalue weighted by Crippen LogP contribution is 2.25. The molecule has 0 bridgehead atoms. The van der Waals surface area contributed by atoms with Crippen LogP contribution in [0.4, 0.5) is 0 Å². The zero-order chi connectivity index (χ0) is 10.5. The summed E-state index contributed by atoms with van der Waals surface area (Å²) in [5.41, 5.74) is 8.10. The number of hydrogen-bond acceptors (Lipinski definition) is 3. The Morgan fingerprint density at radius 1 is 1.40 bits per heavy atom. The molecular formula is C12H18N2O. The number of benzene rings is 1. The Balaban J connectivity index is 1.87. The molecule has 0 unspecified atom stereocenters. The van der Waals surface area contributed by atoms with Crippen LogP contribution in [0.1, 0.15) is 17.5 Å². The monoisotopic (exact) mass is 206 g/mol. The van der Waals surface area contributed by atoms with Crippen molar-refractivity contribution in [2.24, 2.45) is 5.73 Å². The van der Waals surface area contributed by atoms with Crippen molar-refractivity contribution in [2.45, 2.75) is 19.4 Å². The molecule has 0 atom stereocenters. The van der Waals surface area contributed by atoms with Crippen molar-refractivity contribution < 1.29 is 4.74 Å². The van der Waals surface area contributed by atoms with Crippen molar-refractivity contribution in [3.05, 3.63) is 29.3 Å². The lowest BCUT2D eigenvalue weighted by molar-refractivity contribution is 0.357. The van der Waals surface area contributed by atoms with Crippen LogP contribution < -0.4 is 15.8 Å². The molecular weight excluding hydrogens is 188 g/mol. The molecule has 1 aliphatic rings. The summed E-state index contributed by atoms with van der Waals surface area (Å²) >= 11 is 0. The van der Waals surface area contributed by atoms with Gasteiger partial charge in [0.05, 0.1) is 6.61 Å². The first-order valence-electron chi connectivity index (χ1n) is 5.55. The Bertz CT molecular complexity index is 325. The molecule has 0 saturated carbocycles. The highest BCUT2D eigenvalue weighted by molar-refractivity contribution is 5.39. The van der Waals surface area contributed by atoms with Crippen LogP contribution in [0.25, 0.3) is 0 Å². The van der Waals surface area contributed by atoms with E-state index in [9.17, 15) is 0 Å². The van der Waals surface area contributed by atoms with Crippen molar-refractivity contribution in [1.29, 1.82) is 0 Å². The molecule has 3 nitrogen and oxygen atoms in total. The van der Waals surface area contributed by atoms with Gasteiger partial charge in [0.15, 0.2) is 0 Å². The van der Waals surface area contributed by atoms with Gasteiger partial charge in [-0.3, -0.25) is 0 Å². The predicted octanol–water partition coefficient (Wildman–Crippen LogP) is 1.06. The zero-order valence-electron chi connectivity index (χ0n) is 8.96. The first kappa shape index (κ1) is 10.5. The molecule has 0 aliphatic carbocycles. The van der Waals surface area contributed by atoms with E-state index in [4.69, 9.17) is 10.5 Å². The third-order valence-corrected chi connectivity index (χ3v) is 2.64. The van der Waals surface area contributed by atoms with Gasteiger partial charge in [0.2, 0.25) is 0 Å². The van der Waals surface area contributed by atoms with Gasteiger partial charge in [-0.15, -0.1) is 0 Å². The minimum atomic E-state index is 0.755. The van der Waals surface area contributed by atoms with Crippen LogP contribution in [0.3, 0.4) is 0 Å². The number of ether oxygens (including phenoxy) is 1. The minimum Gasteiger partial charge on any atom is -0.493 e. The van der Waals surface area contributed by atoms with E-state index in [1.807, 2.05) is 0 Å². The van der Waals surface area contributed by atoms with Gasteiger partial charge in [0.1, 0.15) is 5.75 Å². The highest BCUT2D eigenvalue weighted by Gasteiger charge is 2.11. The average molecular weight is 206 g/mol. The molecule has 0 fully saturated rings. The Labute approximate surface area is 90.6 Å². The van der Waals surface area contributed by atoms with E-state index in [1.165, 1.54) is 11.1 Å². The maximum Gasteiger partial charge on any atom is 0.122 e. The summed E-state index contributed by atoms with van der Waals surface area (Å²) in [5.74, 6) is 1.06. The van der Waals surface area contributed by atoms with E-state index in [-0.39, 0.29) is 0 Å². The molecule has 1 aromatic rings. The molecule has 0 aromatic heterocycles. The fraction of sp³-hybridized carbons (Fsp3) is 0.500. The Kier molecular flexibility index (Phi) is 3.59. The van der Waals surface area contributed by atoms with E-state index in [2.05, 4.69) is 23.5 Å². The number of fused-ring (bicyclic) bond motifs is 1. The molecule has 3 N–H and O–H groups in total. The van der Waals surface area contributed by atoms with Crippen LogP contribution in [0, 0.1) is 0 Å². The quantitative estimate of drug-likeness (QED) is 0.708. The normalized spacial score (nSPS) is 13.7. The summed E-state index contributed by atoms with van der Waals surface area (Å²) in [6, 6.07) is 6.43. The molecule has 82 valence electrons. The van der Waals surface area contributed by atoms with Crippen molar-refractivity contribution >= 4 is 0 Å². The fourth-order valence-corrected chi connectivity index (χ4v) is 1.81. The second-order valence-electron chi connectivity index (χ2n) is 3.86. The number of nitrogens with two attached hydrogens (primary N) is 1. The summed E-state index contributed by atoms with van der Waals surface area (Å²) in [6.07, 6.45) is 2.08. The van der Waals surface area contributed by atoms with Crippen LogP contribution in [-0.4, -0.2) is 19.7 Å². The number of rotatable bonds is 5. The van der Waals surface area contributed by atoms with Crippen LogP contribution in [0.5, 0.6) is 5.75 Å². The van der Waals surface area contributed by atoms with Gasteiger partial charge < -0.3 is 15.8 Å². The van der Waals surface area contributed by atoms with Gasteiger partial charge in [-0.05, 0) is 36.7 Å². The van der Waals surface area contributed by atoms with Gasteiger partial charge >= 0.3 is 0 Å². The molecule has 1 heterocycles. The molecule has 0 spiro atoms. The summed E-state index contributed by atoms with van der Waals surface area (Å²) in [7, 11) is 0. The smallest absolute Gasteiger partial charge is 0.122 e. The zero-order valence-corrected chi connectivity index (χ0v) is 8.96. The minimum absolute atomic E-state index is 0.755. The van der Waals surface area contributed by atoms with Crippen LogP contribution in [0.15, 0.2) is 18.2 Å². The Morgan fingerprint density at radius 3 is 3.20 bits per heavy atom. The van der Waals surface area contributed by atoms with Gasteiger partial charge in [-0.1, -0.05) is 12.1 Å². The van der Waals surface area contributed by atoms with E-state index in [0.29, 0.717) is 0 Å². The third kappa shape index (κ3) is 2.70. The lowest BCUT2D eigenvalue weighted by Gasteiger charge is -2.05. The van der Waals surface area contributed by atoms with Crippen molar-refractivity contribution in [2.75, 3.05) is 19.7 Å². The number of nitrogens with one attached hydrogen (secondary N) is 1. The maximum absolute atomic E-state index is 5.46. The summed E-state index contributed by atoms with van der Waals surface area (Å²) in [4.78, 5) is 0. The maximum atomic E-state index is 5.46. The van der Waals surface area contributed by atoms with Crippen LogP contribution in [-0.2, 0) is 13.0 Å². The largest absolute Gasteiger partial charge is 0.493 e. The SMILES string of the molecule is NCCCNCc1ccc2c(c1)CCO2. The van der Waals surface area contributed by atoms with Gasteiger partial charge in [-0.25, -0.2) is 0 Å². The Morgan fingerprint density at radius 2 is 2.33 bits per heavy atom. The molecule has 0 radical (unpaired) electrons. The standard InChI is InChI=1S/C12H18N2O/c13-5-1-6-14-9-10-2-3-12-11(8-10)4-7-15-12/h2-3,8,14H,1,4-7,9,13H2. The predicted molar refractivity (Wildman–Crippen MR) is 61.0 cm³/mol. The summed E-state index contributed by atoms with van der Waals surface area (Å²) in [5, 5.41) is 3.37. The van der Waals surface area contributed by atoms with E-state index in [1.54, 1.807) is 0 Å². The molecule has 3 heteroatoms. The van der Waals surface area contributed by atoms with Gasteiger partial charge in [0.25, 0.3) is 0 Å². The lowest BCUT2D eigenvalue weighted by Crippen LogP contribution is -2.17. The van der Waals surface area contributed by atoms with Crippen molar-refractivity contribution in [3.63, 3.8) is 0 Å². The van der Waals surface area contributed by atoms with Crippen LogP contribution in [0.2, 0.25) is 0 Å². The highest BCUT2D eigenvalue weighted by atomic mass is 16.5. The van der Waals surface area contributed by atoms with Crippen molar-refractivity contribution in [3.8, 4) is 5.75 Å². The fourth-order valence-electron chi connectivity index (χ4n) is 1.81. The third-order valence-electron chi connectivity index (χ3n) is 2.64. The molecule has 0 saturated heterocycles. The molecule has 0 amide bonds. The van der Waals surface area contributed by atoms with E-state index >= 15 is 0 Å². The lowest BCUT2D eigenvalue weighted by atomic mass is 10.1. The van der Waals surface area contributed by atoms with E-state index in [0.717, 1.165) is 44.8 Å². The molecule has 1 aromatic carbocycles. The van der Waals surface area contributed by atoms with Gasteiger partial charge in [0, 0.05) is 13.0 Å². The second-order valence-corrected chi connectivity index (χ2v) is 3.86. The first-order chi connectivity index (χ1) is 7.40. The van der Waals surface area contributed by atoms with Gasteiger partial charge in [-0.2, -0.15) is 0 Å². The molecule has 2 rings (SSSR count). The summed E-state index contributed by atoms with van der Waals surface area (Å²) in [6.45, 7) is 3.50. The van der Waals surface area contributed by atoms with E-state index < -0.39 is 0 Å². The Hall–Kier alpha value is -1.06. The molecule has 15 heavy (non-hydrogen) atoms. The van der Waals surface area contributed by atoms with Crippen molar-refractivity contribution in [1.82, 2.24) is 5.32 Å². The number of hydrogen-bond donors (Lipinski definition) is 2. The summed E-state index contributed by atoms with van der Waals surface area (Å²) < 4.78 is 5.46. The molecule has 1 aliphatic heterocycles. The first-order valence-corrected chi connectivity index (χ1v) is 5.55. The average Bonchev–Trinajstić information content (AvgIpc) is 2.71.